The first kappa shape index (κ1) is 38.4. The van der Waals surface area contributed by atoms with Crippen LogP contribution in [-0.2, 0) is 37.5 Å². The Morgan fingerprint density at radius 2 is 1.81 bits per heavy atom. The number of likely N-dealkylation sites (N-methyl/N-ethyl adjacent to an activating group) is 1. The number of ether oxygens (including phenoxy) is 6. The van der Waals surface area contributed by atoms with E-state index in [2.05, 4.69) is 15.1 Å². The number of esters is 2. The molecule has 16 heteroatoms. The average molecular weight is 816 g/mol. The number of rotatable bonds is 5. The Bertz CT molecular complexity index is 2320. The minimum absolute atomic E-state index is 0.00236. The lowest BCUT2D eigenvalue weighted by atomic mass is 9.70. The van der Waals surface area contributed by atoms with Crippen LogP contribution in [0.5, 0.6) is 40.2 Å². The average Bonchev–Trinajstić information content (AvgIpc) is 3.69. The van der Waals surface area contributed by atoms with Gasteiger partial charge in [0.2, 0.25) is 6.79 Å². The molecule has 58 heavy (non-hydrogen) atoms. The number of thioether (sulfide) groups is 1. The van der Waals surface area contributed by atoms with Crippen molar-refractivity contribution in [3.8, 4) is 40.2 Å². The van der Waals surface area contributed by atoms with Crippen molar-refractivity contribution < 1.29 is 58.1 Å². The van der Waals surface area contributed by atoms with Crippen molar-refractivity contribution in [2.24, 2.45) is 0 Å². The largest absolute Gasteiger partial charge is 0.515 e. The van der Waals surface area contributed by atoms with Gasteiger partial charge in [0.05, 0.1) is 43.9 Å². The van der Waals surface area contributed by atoms with E-state index in [9.17, 15) is 29.7 Å². The van der Waals surface area contributed by atoms with E-state index in [0.717, 1.165) is 23.0 Å². The highest BCUT2D eigenvalue weighted by molar-refractivity contribution is 7.99. The van der Waals surface area contributed by atoms with Crippen molar-refractivity contribution in [2.45, 2.75) is 74.6 Å². The minimum Gasteiger partial charge on any atom is -0.515 e. The highest BCUT2D eigenvalue weighted by Gasteiger charge is 2.62. The number of hydrogen-bond acceptors (Lipinski definition) is 16. The number of aliphatic hydroxyl groups excluding tert-OH is 1. The fraction of sp³-hybridized carbons (Fsp3) is 0.452. The van der Waals surface area contributed by atoms with Crippen molar-refractivity contribution in [3.63, 3.8) is 0 Å². The molecule has 0 saturated carbocycles. The van der Waals surface area contributed by atoms with E-state index in [0.29, 0.717) is 70.7 Å². The maximum Gasteiger partial charge on any atom is 0.331 e. The van der Waals surface area contributed by atoms with Gasteiger partial charge in [0.25, 0.3) is 0 Å². The van der Waals surface area contributed by atoms with E-state index in [-0.39, 0.29) is 47.7 Å². The number of aromatic hydroxyl groups is 2. The number of carbonyl (C=O) groups is 3. The number of benzene rings is 3. The van der Waals surface area contributed by atoms with Crippen LogP contribution in [0.15, 0.2) is 30.0 Å². The number of carbonyl (C=O) groups excluding carboxylic acids is 3. The van der Waals surface area contributed by atoms with Gasteiger partial charge in [0, 0.05) is 59.1 Å². The molecule has 7 aliphatic heterocycles. The fourth-order valence-electron chi connectivity index (χ4n) is 10.6. The van der Waals surface area contributed by atoms with Crippen LogP contribution >= 0.6 is 11.8 Å². The lowest BCUT2D eigenvalue weighted by Crippen LogP contribution is -2.70. The molecule has 4 N–H and O–H groups in total. The van der Waals surface area contributed by atoms with Crippen LogP contribution in [0.3, 0.4) is 0 Å². The van der Waals surface area contributed by atoms with Crippen LogP contribution < -0.4 is 29.0 Å². The predicted octanol–water partition coefficient (Wildman–Crippen LogP) is 4.10. The Labute approximate surface area is 338 Å². The van der Waals surface area contributed by atoms with Crippen LogP contribution in [0, 0.1) is 13.8 Å². The molecule has 0 amide bonds. The first-order chi connectivity index (χ1) is 27.9. The molecule has 7 heterocycles. The summed E-state index contributed by atoms with van der Waals surface area (Å²) in [6.07, 6.45) is 2.43. The van der Waals surface area contributed by atoms with E-state index < -0.39 is 52.9 Å². The normalized spacial score (nSPS) is 28.4. The van der Waals surface area contributed by atoms with Crippen LogP contribution in [0.4, 0.5) is 0 Å². The number of fused-ring (bicyclic) bond motifs is 9. The molecule has 306 valence electrons. The summed E-state index contributed by atoms with van der Waals surface area (Å²) < 4.78 is 36.2. The lowest BCUT2D eigenvalue weighted by Gasteiger charge is -2.63. The van der Waals surface area contributed by atoms with Crippen molar-refractivity contribution >= 4 is 30.0 Å². The molecule has 7 aliphatic rings. The summed E-state index contributed by atoms with van der Waals surface area (Å²) in [5, 5.41) is 36.5. The Morgan fingerprint density at radius 1 is 1.03 bits per heavy atom. The van der Waals surface area contributed by atoms with Crippen LogP contribution in [-0.4, -0.2) is 108 Å². The van der Waals surface area contributed by atoms with Crippen molar-refractivity contribution in [2.75, 3.05) is 47.0 Å². The van der Waals surface area contributed by atoms with Crippen LogP contribution in [0.25, 0.3) is 0 Å². The third kappa shape index (κ3) is 5.27. The van der Waals surface area contributed by atoms with E-state index >= 15 is 0 Å². The number of phenols is 2. The molecule has 4 bridgehead atoms. The number of methoxy groups -OCH3 is 2. The number of aryl methyl sites for hydroxylation is 1. The van der Waals surface area contributed by atoms with Gasteiger partial charge < -0.3 is 43.7 Å². The molecular formula is C42H45N3O12S. The molecule has 0 aliphatic carbocycles. The molecular weight excluding hydrogens is 771 g/mol. The van der Waals surface area contributed by atoms with Crippen LogP contribution in [0.2, 0.25) is 0 Å². The maximum absolute atomic E-state index is 14.9. The number of piperazine rings is 1. The molecule has 1 spiro atoms. The van der Waals surface area contributed by atoms with Gasteiger partial charge in [0.1, 0.15) is 12.4 Å². The molecule has 7 unspecified atom stereocenters. The van der Waals surface area contributed by atoms with Crippen molar-refractivity contribution in [3.05, 3.63) is 74.5 Å². The highest BCUT2D eigenvalue weighted by Crippen LogP contribution is 2.65. The van der Waals surface area contributed by atoms with E-state index in [4.69, 9.17) is 28.4 Å². The fourth-order valence-corrected chi connectivity index (χ4v) is 12.3. The van der Waals surface area contributed by atoms with Crippen molar-refractivity contribution in [1.82, 2.24) is 15.1 Å². The molecule has 10 rings (SSSR count). The number of hydrogen-bond donors (Lipinski definition) is 4. The SMILES string of the molecule is COc1cc2c(cc1O)CCNC21CSC2c3c(OC(C)=O)c(C)c4c(c3C(COC1=O)N1C(C(C=O)=CO)C3Cc5cc(C)c(OC)c(O)c5C(C21)N3C)OCO4. The molecule has 2 saturated heterocycles. The zero-order chi connectivity index (χ0) is 40.9. The summed E-state index contributed by atoms with van der Waals surface area (Å²) in [5.41, 5.74) is 4.10. The van der Waals surface area contributed by atoms with E-state index in [1.165, 1.54) is 32.9 Å². The number of nitrogens with zero attached hydrogens (tertiary/aromatic N) is 2. The summed E-state index contributed by atoms with van der Waals surface area (Å²) >= 11 is 1.44. The number of nitrogens with one attached hydrogen (secondary N) is 1. The number of aliphatic hydroxyl groups is 1. The van der Waals surface area contributed by atoms with Gasteiger partial charge >= 0.3 is 11.9 Å². The van der Waals surface area contributed by atoms with Crippen molar-refractivity contribution in [1.29, 1.82) is 0 Å². The minimum atomic E-state index is -1.41. The smallest absolute Gasteiger partial charge is 0.331 e. The summed E-state index contributed by atoms with van der Waals surface area (Å²) in [6, 6.07) is 2.10. The van der Waals surface area contributed by atoms with Gasteiger partial charge in [0.15, 0.2) is 46.3 Å². The molecule has 15 nitrogen and oxygen atoms in total. The Hall–Kier alpha value is -5.16. The van der Waals surface area contributed by atoms with Gasteiger partial charge in [-0.3, -0.25) is 24.7 Å². The third-order valence-electron chi connectivity index (χ3n) is 12.9. The molecule has 7 atom stereocenters. The zero-order valence-electron chi connectivity index (χ0n) is 32.9. The van der Waals surface area contributed by atoms with Gasteiger partial charge in [-0.1, -0.05) is 6.07 Å². The highest BCUT2D eigenvalue weighted by atomic mass is 32.2. The second-order valence-electron chi connectivity index (χ2n) is 15.7. The Balaban J connectivity index is 1.36. The lowest BCUT2D eigenvalue weighted by molar-refractivity contribution is -0.158. The standard InChI is InChI=1S/C42H45N3O12S/c1-18-9-22-10-25-32(23(13-46)14-47)45-26-15-54-41(51)42(24-12-28(52-5)27(49)11-21(24)7-8-43-42)16-58-40(34(45)33(44(25)4)29(22)35(50)36(18)53-6)31-30(26)39-38(55-17-56-39)19(2)37(31)57-20(3)48/h9,11-14,25-26,32-34,40,43,46,49-50H,7-8,10,15-17H2,1-6H3. The van der Waals surface area contributed by atoms with Gasteiger partial charge in [-0.25, -0.2) is 4.79 Å². The predicted molar refractivity (Wildman–Crippen MR) is 209 cm³/mol. The van der Waals surface area contributed by atoms with E-state index in [1.54, 1.807) is 19.1 Å². The Morgan fingerprint density at radius 3 is 2.52 bits per heavy atom. The van der Waals surface area contributed by atoms with Gasteiger partial charge in [-0.2, -0.15) is 0 Å². The molecule has 3 aromatic rings. The second-order valence-corrected chi connectivity index (χ2v) is 16.8. The second kappa shape index (κ2) is 14.0. The summed E-state index contributed by atoms with van der Waals surface area (Å²) in [4.78, 5) is 45.2. The van der Waals surface area contributed by atoms with Gasteiger partial charge in [-0.05, 0) is 68.1 Å². The quantitative estimate of drug-likeness (QED) is 0.0948. The first-order valence-corrected chi connectivity index (χ1v) is 20.2. The molecule has 2 fully saturated rings. The monoisotopic (exact) mass is 815 g/mol. The molecule has 0 radical (unpaired) electrons. The van der Waals surface area contributed by atoms with E-state index in [1.807, 2.05) is 20.0 Å². The van der Waals surface area contributed by atoms with Crippen LogP contribution in [0.1, 0.15) is 68.8 Å². The summed E-state index contributed by atoms with van der Waals surface area (Å²) in [5.74, 6) is 0.570. The zero-order valence-corrected chi connectivity index (χ0v) is 33.7. The molecule has 0 aromatic heterocycles. The summed E-state index contributed by atoms with van der Waals surface area (Å²) in [7, 11) is 4.91. The molecule has 3 aromatic carbocycles. The Kier molecular flexibility index (Phi) is 9.26. The number of aldehydes is 1. The first-order valence-electron chi connectivity index (χ1n) is 19.2. The number of phenolic OH excluding ortho intramolecular Hbond substituents is 2. The third-order valence-corrected chi connectivity index (χ3v) is 14.4. The maximum atomic E-state index is 14.9. The summed E-state index contributed by atoms with van der Waals surface area (Å²) in [6.45, 7) is 5.06. The topological polar surface area (TPSA) is 186 Å². The van der Waals surface area contributed by atoms with Gasteiger partial charge in [-0.15, -0.1) is 11.8 Å².